The number of rotatable bonds is 4. The number of aromatic hydroxyl groups is 1. The van der Waals surface area contributed by atoms with E-state index in [1.807, 2.05) is 23.6 Å². The Labute approximate surface area is 183 Å². The average molecular weight is 436 g/mol. The Bertz CT molecular complexity index is 1120. The van der Waals surface area contributed by atoms with Crippen LogP contribution in [0, 0.1) is 0 Å². The number of carbonyl (C=O) groups excluding carboxylic acids is 3. The van der Waals surface area contributed by atoms with E-state index in [2.05, 4.69) is 4.98 Å². The maximum absolute atomic E-state index is 12.9. The second-order valence-corrected chi connectivity index (χ2v) is 8.31. The van der Waals surface area contributed by atoms with Crippen molar-refractivity contribution in [3.63, 3.8) is 0 Å². The van der Waals surface area contributed by atoms with Crippen molar-refractivity contribution >= 4 is 28.9 Å². The summed E-state index contributed by atoms with van der Waals surface area (Å²) in [6.45, 7) is 2.70. The van der Waals surface area contributed by atoms with E-state index in [-0.39, 0.29) is 29.8 Å². The third kappa shape index (κ3) is 4.20. The summed E-state index contributed by atoms with van der Waals surface area (Å²) in [6.07, 6.45) is 1.24. The fourth-order valence-electron chi connectivity index (χ4n) is 3.63. The van der Waals surface area contributed by atoms with Crippen molar-refractivity contribution in [3.05, 3.63) is 71.2 Å². The molecule has 1 aromatic carbocycles. The monoisotopic (exact) mass is 435 g/mol. The summed E-state index contributed by atoms with van der Waals surface area (Å²) >= 11 is 1.46. The van der Waals surface area contributed by atoms with E-state index in [0.29, 0.717) is 24.3 Å². The maximum Gasteiger partial charge on any atom is 0.295 e. The van der Waals surface area contributed by atoms with Gasteiger partial charge in [0.2, 0.25) is 0 Å². The van der Waals surface area contributed by atoms with Crippen molar-refractivity contribution in [3.8, 4) is 16.3 Å². The van der Waals surface area contributed by atoms with Gasteiger partial charge in [-0.2, -0.15) is 0 Å². The molecule has 7 nitrogen and oxygen atoms in total. The van der Waals surface area contributed by atoms with E-state index in [9.17, 15) is 19.5 Å². The Morgan fingerprint density at radius 3 is 2.52 bits per heavy atom. The van der Waals surface area contributed by atoms with Crippen LogP contribution in [0.5, 0.6) is 5.75 Å². The summed E-state index contributed by atoms with van der Waals surface area (Å²) in [5.74, 6) is -1.89. The minimum Gasteiger partial charge on any atom is -0.507 e. The molecule has 0 radical (unpaired) electrons. The van der Waals surface area contributed by atoms with Crippen LogP contribution in [0.1, 0.15) is 27.6 Å². The van der Waals surface area contributed by atoms with Crippen molar-refractivity contribution in [2.45, 2.75) is 13.0 Å². The van der Waals surface area contributed by atoms with Gasteiger partial charge in [0.05, 0.1) is 16.1 Å². The van der Waals surface area contributed by atoms with E-state index >= 15 is 0 Å². The number of Topliss-reactive ketones (excluding diaryl/α,β-unsaturated/α-hetero) is 1. The van der Waals surface area contributed by atoms with Gasteiger partial charge >= 0.3 is 0 Å². The number of nitrogens with zero attached hydrogens (tertiary/aromatic N) is 3. The fraction of sp³-hybridized carbons (Fsp3) is 0.217. The van der Waals surface area contributed by atoms with Gasteiger partial charge in [-0.1, -0.05) is 24.3 Å². The Balaban J connectivity index is 1.45. The van der Waals surface area contributed by atoms with E-state index in [1.165, 1.54) is 28.5 Å². The number of hydrogen-bond donors (Lipinski definition) is 1. The fourth-order valence-corrected chi connectivity index (χ4v) is 4.32. The van der Waals surface area contributed by atoms with Gasteiger partial charge in [-0.15, -0.1) is 11.3 Å². The predicted molar refractivity (Wildman–Crippen MR) is 117 cm³/mol. The van der Waals surface area contributed by atoms with Gasteiger partial charge in [0.25, 0.3) is 17.6 Å². The smallest absolute Gasteiger partial charge is 0.295 e. The standard InChI is InChI=1S/C23H21N3O4S/c1-15-14-25(22(29)16-6-3-2-4-7-16)9-10-26(15)23(30)21(28)17-13-24-18(12-19(17)27)20-8-5-11-31-20/h2-8,11-13,15H,9-10,14H2,1H3,(H,24,27)/t15-/m1/s1. The van der Waals surface area contributed by atoms with E-state index in [4.69, 9.17) is 0 Å². The second-order valence-electron chi connectivity index (χ2n) is 7.36. The topological polar surface area (TPSA) is 90.8 Å². The SMILES string of the molecule is C[C@@H]1CN(C(=O)c2ccccc2)CCN1C(=O)C(=O)c1cnc(-c2cccs2)cc1O. The molecule has 1 N–H and O–H groups in total. The van der Waals surface area contributed by atoms with Crippen LogP contribution in [0.25, 0.3) is 10.6 Å². The Morgan fingerprint density at radius 1 is 1.10 bits per heavy atom. The Hall–Kier alpha value is -3.52. The molecule has 1 saturated heterocycles. The Morgan fingerprint density at radius 2 is 1.87 bits per heavy atom. The first kappa shape index (κ1) is 20.7. The molecule has 0 saturated carbocycles. The van der Waals surface area contributed by atoms with Gasteiger partial charge in [0.1, 0.15) is 5.75 Å². The van der Waals surface area contributed by atoms with Crippen molar-refractivity contribution in [1.29, 1.82) is 0 Å². The zero-order valence-corrected chi connectivity index (χ0v) is 17.7. The molecule has 4 rings (SSSR count). The number of pyridine rings is 1. The van der Waals surface area contributed by atoms with Crippen molar-refractivity contribution in [1.82, 2.24) is 14.8 Å². The number of hydrogen-bond acceptors (Lipinski definition) is 6. The van der Waals surface area contributed by atoms with Gasteiger partial charge in [-0.3, -0.25) is 19.4 Å². The molecule has 3 aromatic rings. The predicted octanol–water partition coefficient (Wildman–Crippen LogP) is 3.07. The summed E-state index contributed by atoms with van der Waals surface area (Å²) in [6, 6.07) is 13.7. The number of amides is 2. The normalized spacial score (nSPS) is 16.2. The third-order valence-electron chi connectivity index (χ3n) is 5.29. The quantitative estimate of drug-likeness (QED) is 0.502. The molecule has 1 aliphatic heterocycles. The zero-order valence-electron chi connectivity index (χ0n) is 16.9. The van der Waals surface area contributed by atoms with E-state index < -0.39 is 11.7 Å². The lowest BCUT2D eigenvalue weighted by atomic mass is 10.1. The molecule has 0 unspecified atom stereocenters. The van der Waals surface area contributed by atoms with Crippen LogP contribution in [0.4, 0.5) is 0 Å². The molecule has 1 aliphatic rings. The van der Waals surface area contributed by atoms with Crippen LogP contribution in [0.3, 0.4) is 0 Å². The molecule has 8 heteroatoms. The molecule has 31 heavy (non-hydrogen) atoms. The number of piperazine rings is 1. The van der Waals surface area contributed by atoms with E-state index in [0.717, 1.165) is 4.88 Å². The molecule has 0 bridgehead atoms. The lowest BCUT2D eigenvalue weighted by Crippen LogP contribution is -2.56. The van der Waals surface area contributed by atoms with Crippen molar-refractivity contribution in [2.24, 2.45) is 0 Å². The molecule has 3 heterocycles. The number of carbonyl (C=O) groups is 3. The summed E-state index contributed by atoms with van der Waals surface area (Å²) in [7, 11) is 0. The van der Waals surface area contributed by atoms with Gasteiger partial charge in [-0.05, 0) is 30.5 Å². The van der Waals surface area contributed by atoms with Crippen molar-refractivity contribution in [2.75, 3.05) is 19.6 Å². The molecule has 1 atom stereocenters. The molecule has 1 fully saturated rings. The summed E-state index contributed by atoms with van der Waals surface area (Å²) < 4.78 is 0. The second kappa shape index (κ2) is 8.69. The maximum atomic E-state index is 12.9. The van der Waals surface area contributed by atoms with Crippen LogP contribution in [0.2, 0.25) is 0 Å². The zero-order chi connectivity index (χ0) is 22.0. The van der Waals surface area contributed by atoms with E-state index in [1.54, 1.807) is 36.1 Å². The average Bonchev–Trinajstić information content (AvgIpc) is 3.33. The first-order valence-electron chi connectivity index (χ1n) is 9.88. The van der Waals surface area contributed by atoms with Gasteiger partial charge in [0, 0.05) is 43.5 Å². The summed E-state index contributed by atoms with van der Waals surface area (Å²) in [5.41, 5.74) is 1.01. The number of benzene rings is 1. The van der Waals surface area contributed by atoms with Crippen LogP contribution in [0.15, 0.2) is 60.1 Å². The van der Waals surface area contributed by atoms with Gasteiger partial charge < -0.3 is 14.9 Å². The molecule has 0 spiro atoms. The van der Waals surface area contributed by atoms with Crippen LogP contribution in [-0.4, -0.2) is 63.2 Å². The highest BCUT2D eigenvalue weighted by atomic mass is 32.1. The minimum atomic E-state index is -0.808. The minimum absolute atomic E-state index is 0.100. The van der Waals surface area contributed by atoms with Gasteiger partial charge in [0.15, 0.2) is 0 Å². The van der Waals surface area contributed by atoms with Crippen molar-refractivity contribution < 1.29 is 19.5 Å². The number of aromatic nitrogens is 1. The molecule has 2 amide bonds. The molecular formula is C23H21N3O4S. The first-order chi connectivity index (χ1) is 15.0. The summed E-state index contributed by atoms with van der Waals surface area (Å²) in [5, 5.41) is 12.2. The van der Waals surface area contributed by atoms with Crippen LogP contribution < -0.4 is 0 Å². The highest BCUT2D eigenvalue weighted by molar-refractivity contribution is 7.13. The molecule has 0 aliphatic carbocycles. The molecule has 158 valence electrons. The number of thiophene rings is 1. The highest BCUT2D eigenvalue weighted by Gasteiger charge is 2.34. The summed E-state index contributed by atoms with van der Waals surface area (Å²) in [4.78, 5) is 46.5. The first-order valence-corrected chi connectivity index (χ1v) is 10.8. The van der Waals surface area contributed by atoms with Crippen LogP contribution in [-0.2, 0) is 4.79 Å². The molecular weight excluding hydrogens is 414 g/mol. The Kier molecular flexibility index (Phi) is 5.81. The largest absolute Gasteiger partial charge is 0.507 e. The molecule has 2 aromatic heterocycles. The lowest BCUT2D eigenvalue weighted by molar-refractivity contribution is -0.130. The number of ketones is 1. The lowest BCUT2D eigenvalue weighted by Gasteiger charge is -2.39. The third-order valence-corrected chi connectivity index (χ3v) is 6.18. The highest BCUT2D eigenvalue weighted by Crippen LogP contribution is 2.28. The van der Waals surface area contributed by atoms with Crippen LogP contribution >= 0.6 is 11.3 Å². The van der Waals surface area contributed by atoms with Gasteiger partial charge in [-0.25, -0.2) is 0 Å².